The lowest BCUT2D eigenvalue weighted by Gasteiger charge is -2.10. The molecule has 1 heterocycles. The standard InChI is InChI=1S/C18H14BrClN4O2/c1-21-18(26)15-10-16(24(23-15)12-5-3-2-4-6-12)22-17(25)13-9-11(19)7-8-14(13)20/h2-10H,1H3,(H,21,26)(H,22,25). The summed E-state index contributed by atoms with van der Waals surface area (Å²) in [6.07, 6.45) is 0. The van der Waals surface area contributed by atoms with Crippen molar-refractivity contribution in [3.63, 3.8) is 0 Å². The Kier molecular flexibility index (Phi) is 5.39. The number of benzene rings is 2. The van der Waals surface area contributed by atoms with Gasteiger partial charge in [0.25, 0.3) is 11.8 Å². The van der Waals surface area contributed by atoms with Gasteiger partial charge in [0.1, 0.15) is 5.82 Å². The second-order valence-electron chi connectivity index (χ2n) is 5.32. The highest BCUT2D eigenvalue weighted by Crippen LogP contribution is 2.23. The zero-order valence-electron chi connectivity index (χ0n) is 13.7. The number of amides is 2. The van der Waals surface area contributed by atoms with Gasteiger partial charge in [-0.05, 0) is 30.3 Å². The van der Waals surface area contributed by atoms with Crippen molar-refractivity contribution < 1.29 is 9.59 Å². The number of carbonyl (C=O) groups excluding carboxylic acids is 2. The van der Waals surface area contributed by atoms with Crippen LogP contribution in [0.4, 0.5) is 5.82 Å². The largest absolute Gasteiger partial charge is 0.354 e. The molecule has 3 aromatic rings. The number of rotatable bonds is 4. The Morgan fingerprint density at radius 1 is 1.08 bits per heavy atom. The van der Waals surface area contributed by atoms with Crippen molar-refractivity contribution in [2.24, 2.45) is 0 Å². The molecular formula is C18H14BrClN4O2. The monoisotopic (exact) mass is 432 g/mol. The average Bonchev–Trinajstić information content (AvgIpc) is 3.07. The van der Waals surface area contributed by atoms with Crippen LogP contribution in [0.3, 0.4) is 0 Å². The van der Waals surface area contributed by atoms with Crippen LogP contribution in [-0.4, -0.2) is 28.6 Å². The van der Waals surface area contributed by atoms with Gasteiger partial charge in [-0.3, -0.25) is 9.59 Å². The summed E-state index contributed by atoms with van der Waals surface area (Å²) in [4.78, 5) is 24.6. The first-order chi connectivity index (χ1) is 12.5. The highest BCUT2D eigenvalue weighted by atomic mass is 79.9. The van der Waals surface area contributed by atoms with Crippen molar-refractivity contribution in [2.75, 3.05) is 12.4 Å². The van der Waals surface area contributed by atoms with Crippen molar-refractivity contribution in [1.82, 2.24) is 15.1 Å². The Morgan fingerprint density at radius 3 is 2.50 bits per heavy atom. The summed E-state index contributed by atoms with van der Waals surface area (Å²) in [5, 5.41) is 9.90. The zero-order chi connectivity index (χ0) is 18.7. The molecule has 0 aliphatic heterocycles. The van der Waals surface area contributed by atoms with Gasteiger partial charge in [-0.2, -0.15) is 5.10 Å². The molecule has 8 heteroatoms. The summed E-state index contributed by atoms with van der Waals surface area (Å²) in [5.41, 5.74) is 1.20. The van der Waals surface area contributed by atoms with Gasteiger partial charge < -0.3 is 10.6 Å². The van der Waals surface area contributed by atoms with Gasteiger partial charge in [-0.1, -0.05) is 45.7 Å². The minimum absolute atomic E-state index is 0.187. The second kappa shape index (κ2) is 7.72. The fourth-order valence-electron chi connectivity index (χ4n) is 2.33. The zero-order valence-corrected chi connectivity index (χ0v) is 16.0. The first kappa shape index (κ1) is 18.2. The van der Waals surface area contributed by atoms with E-state index in [1.165, 1.54) is 17.8 Å². The second-order valence-corrected chi connectivity index (χ2v) is 6.64. The van der Waals surface area contributed by atoms with Crippen LogP contribution in [-0.2, 0) is 0 Å². The van der Waals surface area contributed by atoms with Crippen LogP contribution >= 0.6 is 27.5 Å². The smallest absolute Gasteiger partial charge is 0.271 e. The van der Waals surface area contributed by atoms with E-state index in [1.807, 2.05) is 30.3 Å². The van der Waals surface area contributed by atoms with Crippen molar-refractivity contribution >= 4 is 45.2 Å². The predicted molar refractivity (Wildman–Crippen MR) is 104 cm³/mol. The van der Waals surface area contributed by atoms with E-state index in [0.717, 1.165) is 4.47 Å². The summed E-state index contributed by atoms with van der Waals surface area (Å²) in [7, 11) is 1.52. The van der Waals surface area contributed by atoms with Crippen molar-refractivity contribution in [3.05, 3.63) is 75.4 Å². The maximum atomic E-state index is 12.7. The van der Waals surface area contributed by atoms with Gasteiger partial charge >= 0.3 is 0 Å². The molecule has 0 atom stereocenters. The summed E-state index contributed by atoms with van der Waals surface area (Å²) < 4.78 is 2.23. The maximum Gasteiger partial charge on any atom is 0.271 e. The molecule has 2 aromatic carbocycles. The van der Waals surface area contributed by atoms with Gasteiger partial charge in [-0.15, -0.1) is 0 Å². The Labute approximate surface area is 163 Å². The molecule has 0 saturated carbocycles. The molecule has 0 aliphatic rings. The Morgan fingerprint density at radius 2 is 1.81 bits per heavy atom. The van der Waals surface area contributed by atoms with Gasteiger partial charge in [0, 0.05) is 17.6 Å². The van der Waals surface area contributed by atoms with Crippen LogP contribution in [0.25, 0.3) is 5.69 Å². The average molecular weight is 434 g/mol. The SMILES string of the molecule is CNC(=O)c1cc(NC(=O)c2cc(Br)ccc2Cl)n(-c2ccccc2)n1. The van der Waals surface area contributed by atoms with Crippen molar-refractivity contribution in [1.29, 1.82) is 0 Å². The minimum atomic E-state index is -0.406. The molecule has 2 amide bonds. The molecule has 0 bridgehead atoms. The Balaban J connectivity index is 2.00. The third kappa shape index (κ3) is 3.79. The number of nitrogens with zero attached hydrogens (tertiary/aromatic N) is 2. The first-order valence-electron chi connectivity index (χ1n) is 7.63. The number of hydrogen-bond acceptors (Lipinski definition) is 3. The number of halogens is 2. The number of para-hydroxylation sites is 1. The molecule has 6 nitrogen and oxygen atoms in total. The first-order valence-corrected chi connectivity index (χ1v) is 8.80. The molecule has 0 unspecified atom stereocenters. The van der Waals surface area contributed by atoms with E-state index >= 15 is 0 Å². The Bertz CT molecular complexity index is 973. The van der Waals surface area contributed by atoms with Crippen LogP contribution < -0.4 is 10.6 Å². The summed E-state index contributed by atoms with van der Waals surface area (Å²) in [5.74, 6) is -0.400. The van der Waals surface area contributed by atoms with Gasteiger partial charge in [0.05, 0.1) is 16.3 Å². The van der Waals surface area contributed by atoms with Gasteiger partial charge in [-0.25, -0.2) is 4.68 Å². The van der Waals surface area contributed by atoms with Crippen LogP contribution in [0, 0.1) is 0 Å². The van der Waals surface area contributed by atoms with E-state index in [4.69, 9.17) is 11.6 Å². The fourth-order valence-corrected chi connectivity index (χ4v) is 2.89. The van der Waals surface area contributed by atoms with Crippen LogP contribution in [0.1, 0.15) is 20.8 Å². The highest BCUT2D eigenvalue weighted by molar-refractivity contribution is 9.10. The molecular weight excluding hydrogens is 420 g/mol. The predicted octanol–water partition coefficient (Wildman–Crippen LogP) is 3.90. The van der Waals surface area contributed by atoms with E-state index < -0.39 is 5.91 Å². The van der Waals surface area contributed by atoms with Crippen LogP contribution in [0.15, 0.2) is 59.1 Å². The van der Waals surface area contributed by atoms with E-state index in [0.29, 0.717) is 22.1 Å². The van der Waals surface area contributed by atoms with E-state index in [-0.39, 0.29) is 11.6 Å². The lowest BCUT2D eigenvalue weighted by atomic mass is 10.2. The summed E-state index contributed by atoms with van der Waals surface area (Å²) in [6, 6.07) is 15.7. The molecule has 0 fully saturated rings. The van der Waals surface area contributed by atoms with E-state index in [1.54, 1.807) is 18.2 Å². The van der Waals surface area contributed by atoms with Gasteiger partial charge in [0.2, 0.25) is 0 Å². The Hall–Kier alpha value is -2.64. The van der Waals surface area contributed by atoms with Crippen LogP contribution in [0.5, 0.6) is 0 Å². The molecule has 0 saturated heterocycles. The maximum absolute atomic E-state index is 12.7. The van der Waals surface area contributed by atoms with Gasteiger partial charge in [0.15, 0.2) is 5.69 Å². The third-order valence-electron chi connectivity index (χ3n) is 3.58. The fraction of sp³-hybridized carbons (Fsp3) is 0.0556. The van der Waals surface area contributed by atoms with Crippen molar-refractivity contribution in [2.45, 2.75) is 0 Å². The molecule has 2 N–H and O–H groups in total. The lowest BCUT2D eigenvalue weighted by molar-refractivity contribution is 0.0956. The summed E-state index contributed by atoms with van der Waals surface area (Å²) >= 11 is 9.45. The number of hydrogen-bond donors (Lipinski definition) is 2. The molecule has 1 aromatic heterocycles. The van der Waals surface area contributed by atoms with Crippen LogP contribution in [0.2, 0.25) is 5.02 Å². The van der Waals surface area contributed by atoms with E-state index in [2.05, 4.69) is 31.7 Å². The summed E-state index contributed by atoms with van der Waals surface area (Å²) in [6.45, 7) is 0. The highest BCUT2D eigenvalue weighted by Gasteiger charge is 2.18. The molecule has 0 aliphatic carbocycles. The molecule has 3 rings (SSSR count). The normalized spacial score (nSPS) is 10.4. The lowest BCUT2D eigenvalue weighted by Crippen LogP contribution is -2.18. The minimum Gasteiger partial charge on any atom is -0.354 e. The molecule has 26 heavy (non-hydrogen) atoms. The van der Waals surface area contributed by atoms with Crippen molar-refractivity contribution in [3.8, 4) is 5.69 Å². The van der Waals surface area contributed by atoms with E-state index in [9.17, 15) is 9.59 Å². The number of aromatic nitrogens is 2. The number of nitrogens with one attached hydrogen (secondary N) is 2. The third-order valence-corrected chi connectivity index (χ3v) is 4.41. The quantitative estimate of drug-likeness (QED) is 0.655. The number of carbonyl (C=O) groups is 2. The number of anilines is 1. The molecule has 132 valence electrons. The molecule has 0 spiro atoms. The topological polar surface area (TPSA) is 76.0 Å². The molecule has 0 radical (unpaired) electrons.